The van der Waals surface area contributed by atoms with Crippen LogP contribution in [-0.2, 0) is 11.3 Å². The van der Waals surface area contributed by atoms with Crippen molar-refractivity contribution in [2.75, 3.05) is 20.3 Å². The molecule has 0 spiro atoms. The molecule has 108 valence electrons. The topological polar surface area (TPSA) is 36.3 Å². The van der Waals surface area contributed by atoms with Gasteiger partial charge in [0, 0.05) is 7.11 Å². The molecule has 2 aromatic carbocycles. The predicted octanol–water partition coefficient (Wildman–Crippen LogP) is 3.11. The van der Waals surface area contributed by atoms with E-state index in [0.717, 1.165) is 16.8 Å². The van der Waals surface area contributed by atoms with Crippen LogP contribution in [0.4, 0.5) is 0 Å². The zero-order chi connectivity index (χ0) is 14.5. The van der Waals surface area contributed by atoms with Crippen LogP contribution in [0.1, 0.15) is 5.56 Å². The van der Waals surface area contributed by atoms with E-state index in [1.54, 1.807) is 7.11 Å². The van der Waals surface area contributed by atoms with Gasteiger partial charge in [-0.3, -0.25) is 0 Å². The standard InChI is InChI=1S/C17H18N2O2/c1-20-11-12-21-17-15-9-5-6-10-16(15)18-19(17)13-14-7-3-2-4-8-14/h2-10H,11-13H2,1H3. The molecule has 0 aliphatic heterocycles. The first kappa shape index (κ1) is 13.6. The summed E-state index contributed by atoms with van der Waals surface area (Å²) in [6.07, 6.45) is 0. The summed E-state index contributed by atoms with van der Waals surface area (Å²) in [7, 11) is 1.67. The average molecular weight is 282 g/mol. The Bertz CT molecular complexity index is 707. The number of hydrogen-bond donors (Lipinski definition) is 0. The zero-order valence-electron chi connectivity index (χ0n) is 12.0. The summed E-state index contributed by atoms with van der Waals surface area (Å²) in [6.45, 7) is 1.77. The first-order valence-electron chi connectivity index (χ1n) is 6.99. The minimum absolute atomic E-state index is 0.515. The van der Waals surface area contributed by atoms with Gasteiger partial charge in [0.05, 0.1) is 24.1 Å². The third-order valence-electron chi connectivity index (χ3n) is 3.30. The molecule has 0 aliphatic carbocycles. The summed E-state index contributed by atoms with van der Waals surface area (Å²) in [5, 5.41) is 5.67. The van der Waals surface area contributed by atoms with Gasteiger partial charge < -0.3 is 9.47 Å². The fourth-order valence-corrected chi connectivity index (χ4v) is 2.29. The molecule has 0 aliphatic rings. The first-order valence-corrected chi connectivity index (χ1v) is 6.99. The van der Waals surface area contributed by atoms with E-state index in [2.05, 4.69) is 17.2 Å². The van der Waals surface area contributed by atoms with Crippen LogP contribution in [0.5, 0.6) is 5.88 Å². The molecule has 0 amide bonds. The lowest BCUT2D eigenvalue weighted by molar-refractivity contribution is 0.141. The Morgan fingerprint density at radius 2 is 1.71 bits per heavy atom. The van der Waals surface area contributed by atoms with Crippen LogP contribution in [0.3, 0.4) is 0 Å². The van der Waals surface area contributed by atoms with Crippen molar-refractivity contribution >= 4 is 10.9 Å². The number of fused-ring (bicyclic) bond motifs is 1. The zero-order valence-corrected chi connectivity index (χ0v) is 12.0. The van der Waals surface area contributed by atoms with Gasteiger partial charge in [0.1, 0.15) is 6.61 Å². The Kier molecular flexibility index (Phi) is 4.17. The molecule has 0 bridgehead atoms. The van der Waals surface area contributed by atoms with Crippen LogP contribution in [0.15, 0.2) is 54.6 Å². The summed E-state index contributed by atoms with van der Waals surface area (Å²) in [6, 6.07) is 18.3. The van der Waals surface area contributed by atoms with Crippen LogP contribution in [0.25, 0.3) is 10.9 Å². The molecule has 0 N–H and O–H groups in total. The van der Waals surface area contributed by atoms with Crippen LogP contribution in [0.2, 0.25) is 0 Å². The second-order valence-electron chi connectivity index (χ2n) is 4.81. The smallest absolute Gasteiger partial charge is 0.220 e. The van der Waals surface area contributed by atoms with Crippen molar-refractivity contribution < 1.29 is 9.47 Å². The lowest BCUT2D eigenvalue weighted by Crippen LogP contribution is -2.10. The summed E-state index contributed by atoms with van der Waals surface area (Å²) >= 11 is 0. The van der Waals surface area contributed by atoms with Crippen molar-refractivity contribution in [3.8, 4) is 5.88 Å². The molecule has 21 heavy (non-hydrogen) atoms. The number of ether oxygens (including phenoxy) is 2. The van der Waals surface area contributed by atoms with Gasteiger partial charge in [-0.15, -0.1) is 0 Å². The highest BCUT2D eigenvalue weighted by Crippen LogP contribution is 2.26. The van der Waals surface area contributed by atoms with E-state index in [1.807, 2.05) is 47.1 Å². The van der Waals surface area contributed by atoms with Crippen molar-refractivity contribution in [1.29, 1.82) is 0 Å². The number of aromatic nitrogens is 2. The predicted molar refractivity (Wildman–Crippen MR) is 82.6 cm³/mol. The molecule has 0 atom stereocenters. The van der Waals surface area contributed by atoms with Crippen molar-refractivity contribution in [2.24, 2.45) is 0 Å². The van der Waals surface area contributed by atoms with Crippen LogP contribution < -0.4 is 4.74 Å². The highest BCUT2D eigenvalue weighted by molar-refractivity contribution is 5.84. The maximum atomic E-state index is 5.88. The molecule has 0 saturated heterocycles. The number of benzene rings is 2. The molecule has 0 radical (unpaired) electrons. The van der Waals surface area contributed by atoms with E-state index in [1.165, 1.54) is 5.56 Å². The van der Waals surface area contributed by atoms with Crippen molar-refractivity contribution in [3.63, 3.8) is 0 Å². The minimum Gasteiger partial charge on any atom is -0.475 e. The van der Waals surface area contributed by atoms with Gasteiger partial charge >= 0.3 is 0 Å². The molecule has 3 aromatic rings. The average Bonchev–Trinajstić information content (AvgIpc) is 2.86. The van der Waals surface area contributed by atoms with Crippen molar-refractivity contribution in [3.05, 3.63) is 60.2 Å². The fraction of sp³-hybridized carbons (Fsp3) is 0.235. The SMILES string of the molecule is COCCOc1c2ccccc2nn1Cc1ccccc1. The lowest BCUT2D eigenvalue weighted by Gasteiger charge is -2.09. The van der Waals surface area contributed by atoms with Crippen LogP contribution >= 0.6 is 0 Å². The Morgan fingerprint density at radius 3 is 2.52 bits per heavy atom. The second kappa shape index (κ2) is 6.41. The monoisotopic (exact) mass is 282 g/mol. The maximum Gasteiger partial charge on any atom is 0.220 e. The summed E-state index contributed by atoms with van der Waals surface area (Å²) in [4.78, 5) is 0. The third kappa shape index (κ3) is 3.06. The van der Waals surface area contributed by atoms with Crippen LogP contribution in [-0.4, -0.2) is 30.1 Å². The number of rotatable bonds is 6. The Hall–Kier alpha value is -2.33. The highest BCUT2D eigenvalue weighted by Gasteiger charge is 2.12. The van der Waals surface area contributed by atoms with Crippen LogP contribution in [0, 0.1) is 0 Å². The number of methoxy groups -OCH3 is 1. The number of nitrogens with zero attached hydrogens (tertiary/aromatic N) is 2. The number of hydrogen-bond acceptors (Lipinski definition) is 3. The van der Waals surface area contributed by atoms with Gasteiger partial charge in [-0.05, 0) is 17.7 Å². The largest absolute Gasteiger partial charge is 0.475 e. The molecule has 0 fully saturated rings. The van der Waals surface area contributed by atoms with E-state index in [9.17, 15) is 0 Å². The minimum atomic E-state index is 0.515. The molecule has 0 saturated carbocycles. The maximum absolute atomic E-state index is 5.88. The highest BCUT2D eigenvalue weighted by atomic mass is 16.5. The summed E-state index contributed by atoms with van der Waals surface area (Å²) in [5.74, 6) is 0.798. The molecule has 4 nitrogen and oxygen atoms in total. The van der Waals surface area contributed by atoms with E-state index in [0.29, 0.717) is 19.8 Å². The van der Waals surface area contributed by atoms with Crippen molar-refractivity contribution in [2.45, 2.75) is 6.54 Å². The Morgan fingerprint density at radius 1 is 0.952 bits per heavy atom. The normalized spacial score (nSPS) is 10.9. The molecular formula is C17H18N2O2. The van der Waals surface area contributed by atoms with E-state index >= 15 is 0 Å². The molecule has 4 heteroatoms. The Labute approximate surface area is 123 Å². The molecular weight excluding hydrogens is 264 g/mol. The lowest BCUT2D eigenvalue weighted by atomic mass is 10.2. The van der Waals surface area contributed by atoms with Gasteiger partial charge in [-0.2, -0.15) is 5.10 Å². The van der Waals surface area contributed by atoms with Gasteiger partial charge in [-0.25, -0.2) is 4.68 Å². The van der Waals surface area contributed by atoms with Gasteiger partial charge in [0.2, 0.25) is 5.88 Å². The van der Waals surface area contributed by atoms with Gasteiger partial charge in [0.15, 0.2) is 0 Å². The molecule has 1 aromatic heterocycles. The third-order valence-corrected chi connectivity index (χ3v) is 3.30. The van der Waals surface area contributed by atoms with E-state index < -0.39 is 0 Å². The Balaban J connectivity index is 1.94. The second-order valence-corrected chi connectivity index (χ2v) is 4.81. The molecule has 0 unspecified atom stereocenters. The van der Waals surface area contributed by atoms with Crippen molar-refractivity contribution in [1.82, 2.24) is 9.78 Å². The van der Waals surface area contributed by atoms with Gasteiger partial charge in [0.25, 0.3) is 0 Å². The summed E-state index contributed by atoms with van der Waals surface area (Å²) < 4.78 is 12.8. The molecule has 3 rings (SSSR count). The quantitative estimate of drug-likeness (QED) is 0.652. The molecule has 1 heterocycles. The van der Waals surface area contributed by atoms with Gasteiger partial charge in [-0.1, -0.05) is 42.5 Å². The van der Waals surface area contributed by atoms with E-state index in [4.69, 9.17) is 9.47 Å². The van der Waals surface area contributed by atoms with E-state index in [-0.39, 0.29) is 0 Å². The first-order chi connectivity index (χ1) is 10.4. The summed E-state index contributed by atoms with van der Waals surface area (Å²) in [5.41, 5.74) is 2.14. The fourth-order valence-electron chi connectivity index (χ4n) is 2.29.